The lowest BCUT2D eigenvalue weighted by molar-refractivity contribution is 0.590. The Hall–Kier alpha value is -0.550. The number of aromatic nitrogens is 3. The number of unbranched alkanes of at least 4 members (excludes halogenated alkanes) is 1. The van der Waals surface area contributed by atoms with E-state index in [2.05, 4.69) is 20.1 Å². The van der Waals surface area contributed by atoms with Gasteiger partial charge in [0.05, 0.1) is 0 Å². The van der Waals surface area contributed by atoms with Gasteiger partial charge in [-0.2, -0.15) is 0 Å². The van der Waals surface area contributed by atoms with Gasteiger partial charge in [0.2, 0.25) is 0 Å². The van der Waals surface area contributed by atoms with E-state index in [9.17, 15) is 0 Å². The van der Waals surface area contributed by atoms with Crippen molar-refractivity contribution in [2.45, 2.75) is 50.2 Å². The third-order valence-electron chi connectivity index (χ3n) is 3.13. The van der Waals surface area contributed by atoms with Gasteiger partial charge in [-0.1, -0.05) is 18.2 Å². The van der Waals surface area contributed by atoms with E-state index in [1.807, 2.05) is 18.8 Å². The molecule has 0 aromatic carbocycles. The van der Waals surface area contributed by atoms with Crippen molar-refractivity contribution in [3.05, 3.63) is 5.82 Å². The van der Waals surface area contributed by atoms with Crippen molar-refractivity contribution in [3.63, 3.8) is 0 Å². The third kappa shape index (κ3) is 3.71. The first-order valence-corrected chi connectivity index (χ1v) is 7.60. The van der Waals surface area contributed by atoms with E-state index in [-0.39, 0.29) is 0 Å². The average Bonchev–Trinajstić information content (AvgIpc) is 2.59. The topological polar surface area (TPSA) is 42.7 Å². The number of thioether (sulfide) groups is 1. The van der Waals surface area contributed by atoms with Crippen LogP contribution in [-0.4, -0.2) is 34.1 Å². The molecule has 0 spiro atoms. The minimum absolute atomic E-state index is 1.10. The maximum absolute atomic E-state index is 4.32. The summed E-state index contributed by atoms with van der Waals surface area (Å²) in [7, 11) is 2.01. The quantitative estimate of drug-likeness (QED) is 0.623. The van der Waals surface area contributed by atoms with Crippen molar-refractivity contribution < 1.29 is 0 Å². The van der Waals surface area contributed by atoms with E-state index in [0.29, 0.717) is 0 Å². The van der Waals surface area contributed by atoms with E-state index in [4.69, 9.17) is 0 Å². The predicted octanol–water partition coefficient (Wildman–Crippen LogP) is 2.10. The van der Waals surface area contributed by atoms with Crippen LogP contribution in [0.4, 0.5) is 0 Å². The first-order valence-electron chi connectivity index (χ1n) is 6.61. The second kappa shape index (κ2) is 7.01. The standard InChI is InChI=1S/C12H22N4S/c1-13-8-4-6-10-17-12-15-14-11-7-3-2-5-9-16(11)12/h13H,2-10H2,1H3. The summed E-state index contributed by atoms with van der Waals surface area (Å²) in [5.74, 6) is 2.35. The Morgan fingerprint density at radius 1 is 1.24 bits per heavy atom. The van der Waals surface area contributed by atoms with Gasteiger partial charge in [0.25, 0.3) is 0 Å². The van der Waals surface area contributed by atoms with Crippen molar-refractivity contribution in [2.75, 3.05) is 19.3 Å². The Kier molecular flexibility index (Phi) is 5.32. The minimum atomic E-state index is 1.10. The summed E-state index contributed by atoms with van der Waals surface area (Å²) in [6.07, 6.45) is 7.46. The van der Waals surface area contributed by atoms with E-state index < -0.39 is 0 Å². The highest BCUT2D eigenvalue weighted by Gasteiger charge is 2.14. The SMILES string of the molecule is CNCCCCSc1nnc2n1CCCCC2. The molecule has 2 rings (SSSR count). The van der Waals surface area contributed by atoms with Gasteiger partial charge in [0, 0.05) is 18.7 Å². The van der Waals surface area contributed by atoms with Crippen LogP contribution >= 0.6 is 11.8 Å². The summed E-state index contributed by atoms with van der Waals surface area (Å²) in [6.45, 7) is 2.22. The number of hydrogen-bond donors (Lipinski definition) is 1. The first kappa shape index (κ1) is 12.9. The Morgan fingerprint density at radius 2 is 2.18 bits per heavy atom. The Labute approximate surface area is 108 Å². The summed E-state index contributed by atoms with van der Waals surface area (Å²) in [4.78, 5) is 0. The van der Waals surface area contributed by atoms with Crippen LogP contribution in [0.3, 0.4) is 0 Å². The molecule has 5 heteroatoms. The largest absolute Gasteiger partial charge is 0.320 e. The Balaban J connectivity index is 1.82. The van der Waals surface area contributed by atoms with Crippen LogP contribution in [0.25, 0.3) is 0 Å². The maximum atomic E-state index is 4.32. The van der Waals surface area contributed by atoms with Crippen molar-refractivity contribution in [1.29, 1.82) is 0 Å². The fourth-order valence-corrected chi connectivity index (χ4v) is 3.11. The van der Waals surface area contributed by atoms with Gasteiger partial charge in [-0.05, 0) is 39.3 Å². The van der Waals surface area contributed by atoms with Gasteiger partial charge in [-0.25, -0.2) is 0 Å². The molecule has 1 aliphatic rings. The molecule has 1 aromatic rings. The van der Waals surface area contributed by atoms with Gasteiger partial charge < -0.3 is 9.88 Å². The van der Waals surface area contributed by atoms with Crippen LogP contribution in [0, 0.1) is 0 Å². The van der Waals surface area contributed by atoms with Gasteiger partial charge in [-0.3, -0.25) is 0 Å². The van der Waals surface area contributed by atoms with E-state index in [0.717, 1.165) is 30.4 Å². The lowest BCUT2D eigenvalue weighted by Crippen LogP contribution is -2.07. The first-order chi connectivity index (χ1) is 8.42. The molecule has 0 fully saturated rings. The molecule has 4 nitrogen and oxygen atoms in total. The van der Waals surface area contributed by atoms with Crippen molar-refractivity contribution >= 4 is 11.8 Å². The molecule has 1 N–H and O–H groups in total. The van der Waals surface area contributed by atoms with Crippen LogP contribution in [0.2, 0.25) is 0 Å². The van der Waals surface area contributed by atoms with E-state index in [1.165, 1.54) is 37.9 Å². The van der Waals surface area contributed by atoms with Crippen LogP contribution in [0.15, 0.2) is 5.16 Å². The number of hydrogen-bond acceptors (Lipinski definition) is 4. The Morgan fingerprint density at radius 3 is 3.06 bits per heavy atom. The summed E-state index contributed by atoms with van der Waals surface area (Å²) in [6, 6.07) is 0. The van der Waals surface area contributed by atoms with Crippen molar-refractivity contribution in [3.8, 4) is 0 Å². The molecular formula is C12H22N4S. The third-order valence-corrected chi connectivity index (χ3v) is 4.18. The maximum Gasteiger partial charge on any atom is 0.191 e. The van der Waals surface area contributed by atoms with E-state index >= 15 is 0 Å². The van der Waals surface area contributed by atoms with Crippen LogP contribution in [0.5, 0.6) is 0 Å². The molecule has 0 bridgehead atoms. The predicted molar refractivity (Wildman–Crippen MR) is 71.5 cm³/mol. The fourth-order valence-electron chi connectivity index (χ4n) is 2.13. The summed E-state index contributed by atoms with van der Waals surface area (Å²) < 4.78 is 2.33. The van der Waals surface area contributed by atoms with Gasteiger partial charge >= 0.3 is 0 Å². The zero-order valence-electron chi connectivity index (χ0n) is 10.6. The lowest BCUT2D eigenvalue weighted by atomic mass is 10.2. The molecule has 2 heterocycles. The van der Waals surface area contributed by atoms with E-state index in [1.54, 1.807) is 0 Å². The highest BCUT2D eigenvalue weighted by Crippen LogP contribution is 2.22. The molecule has 0 radical (unpaired) electrons. The highest BCUT2D eigenvalue weighted by molar-refractivity contribution is 7.99. The van der Waals surface area contributed by atoms with Crippen LogP contribution in [0.1, 0.15) is 37.9 Å². The average molecular weight is 254 g/mol. The molecular weight excluding hydrogens is 232 g/mol. The molecule has 1 aliphatic heterocycles. The van der Waals surface area contributed by atoms with Crippen LogP contribution < -0.4 is 5.32 Å². The molecule has 0 atom stereocenters. The number of fused-ring (bicyclic) bond motifs is 1. The minimum Gasteiger partial charge on any atom is -0.320 e. The summed E-state index contributed by atoms with van der Waals surface area (Å²) >= 11 is 1.86. The number of aryl methyl sites for hydroxylation is 1. The van der Waals surface area contributed by atoms with Gasteiger partial charge in [0.15, 0.2) is 5.16 Å². The second-order valence-electron chi connectivity index (χ2n) is 4.52. The molecule has 0 amide bonds. The molecule has 1 aromatic heterocycles. The normalized spacial score (nSPS) is 15.6. The summed E-state index contributed by atoms with van der Waals surface area (Å²) in [5.41, 5.74) is 0. The monoisotopic (exact) mass is 254 g/mol. The van der Waals surface area contributed by atoms with Crippen LogP contribution in [-0.2, 0) is 13.0 Å². The fraction of sp³-hybridized carbons (Fsp3) is 0.833. The number of rotatable bonds is 6. The zero-order chi connectivity index (χ0) is 11.9. The molecule has 96 valence electrons. The lowest BCUT2D eigenvalue weighted by Gasteiger charge is -2.06. The molecule has 17 heavy (non-hydrogen) atoms. The van der Waals surface area contributed by atoms with Gasteiger partial charge in [-0.15, -0.1) is 10.2 Å². The van der Waals surface area contributed by atoms with Crippen molar-refractivity contribution in [1.82, 2.24) is 20.1 Å². The smallest absolute Gasteiger partial charge is 0.191 e. The highest BCUT2D eigenvalue weighted by atomic mass is 32.2. The molecule has 0 saturated carbocycles. The van der Waals surface area contributed by atoms with Crippen molar-refractivity contribution in [2.24, 2.45) is 0 Å². The molecule has 0 aliphatic carbocycles. The second-order valence-corrected chi connectivity index (χ2v) is 5.58. The number of nitrogens with one attached hydrogen (secondary N) is 1. The zero-order valence-corrected chi connectivity index (χ0v) is 11.4. The molecule has 0 unspecified atom stereocenters. The Bertz CT molecular complexity index is 337. The van der Waals surface area contributed by atoms with Gasteiger partial charge in [0.1, 0.15) is 5.82 Å². The summed E-state index contributed by atoms with van der Waals surface area (Å²) in [5, 5.41) is 12.9. The molecule has 0 saturated heterocycles. The number of nitrogens with zero attached hydrogens (tertiary/aromatic N) is 3.